The number of carbonyl (C=O) groups is 1. The minimum absolute atomic E-state index is 0.144. The molecule has 0 unspecified atom stereocenters. The van der Waals surface area contributed by atoms with Crippen LogP contribution in [-0.2, 0) is 6.61 Å². The number of halogens is 1. The zero-order valence-corrected chi connectivity index (χ0v) is 14.6. The van der Waals surface area contributed by atoms with Gasteiger partial charge in [-0.25, -0.2) is 0 Å². The first kappa shape index (κ1) is 16.4. The van der Waals surface area contributed by atoms with Crippen molar-refractivity contribution in [2.24, 2.45) is 0 Å². The Morgan fingerprint density at radius 3 is 2.62 bits per heavy atom. The number of hydrogen-bond acceptors (Lipinski definition) is 3. The molecule has 4 heteroatoms. The second-order valence-corrected chi connectivity index (χ2v) is 6.36. The van der Waals surface area contributed by atoms with Gasteiger partial charge < -0.3 is 9.47 Å². The van der Waals surface area contributed by atoms with E-state index in [0.717, 1.165) is 11.1 Å². The summed E-state index contributed by atoms with van der Waals surface area (Å²) in [4.78, 5) is 12.5. The predicted molar refractivity (Wildman–Crippen MR) is 102 cm³/mol. The van der Waals surface area contributed by atoms with Gasteiger partial charge in [0.1, 0.15) is 18.1 Å². The summed E-state index contributed by atoms with van der Waals surface area (Å²) >= 11 is 5.99. The third-order valence-corrected chi connectivity index (χ3v) is 4.27. The highest BCUT2D eigenvalue weighted by atomic mass is 35.5. The number of fused-ring (bicyclic) bond motifs is 1. The van der Waals surface area contributed by atoms with Crippen LogP contribution in [0.5, 0.6) is 11.5 Å². The van der Waals surface area contributed by atoms with Crippen LogP contribution in [0.3, 0.4) is 0 Å². The molecule has 0 fully saturated rings. The van der Waals surface area contributed by atoms with E-state index in [0.29, 0.717) is 28.7 Å². The number of ketones is 1. The molecule has 3 nitrogen and oxygen atoms in total. The standard InChI is InChI=1S/C22H15ClO3/c23-17-8-4-7-16(11-17)12-21-22(24)19-10-9-18(13-20(19)26-21)25-14-15-5-2-1-3-6-15/h1-13H,14H2/b21-12-. The summed E-state index contributed by atoms with van der Waals surface area (Å²) in [6.45, 7) is 0.457. The third kappa shape index (κ3) is 3.48. The van der Waals surface area contributed by atoms with E-state index in [4.69, 9.17) is 21.1 Å². The fourth-order valence-corrected chi connectivity index (χ4v) is 2.94. The van der Waals surface area contributed by atoms with Gasteiger partial charge >= 0.3 is 0 Å². The average Bonchev–Trinajstić information content (AvgIpc) is 2.96. The summed E-state index contributed by atoms with van der Waals surface area (Å²) in [7, 11) is 0. The summed E-state index contributed by atoms with van der Waals surface area (Å²) in [5.74, 6) is 1.30. The van der Waals surface area contributed by atoms with E-state index < -0.39 is 0 Å². The van der Waals surface area contributed by atoms with Crippen LogP contribution in [0.2, 0.25) is 5.02 Å². The number of hydrogen-bond donors (Lipinski definition) is 0. The third-order valence-electron chi connectivity index (χ3n) is 4.04. The van der Waals surface area contributed by atoms with Gasteiger partial charge in [0.25, 0.3) is 0 Å². The van der Waals surface area contributed by atoms with Gasteiger partial charge in [0, 0.05) is 11.1 Å². The van der Waals surface area contributed by atoms with Crippen LogP contribution in [0.25, 0.3) is 6.08 Å². The average molecular weight is 363 g/mol. The molecule has 128 valence electrons. The number of Topliss-reactive ketones (excluding diaryl/α,β-unsaturated/α-hetero) is 1. The van der Waals surface area contributed by atoms with E-state index in [1.165, 1.54) is 0 Å². The first-order valence-electron chi connectivity index (χ1n) is 8.20. The molecule has 0 atom stereocenters. The second-order valence-electron chi connectivity index (χ2n) is 5.93. The summed E-state index contributed by atoms with van der Waals surface area (Å²) in [5, 5.41) is 0.610. The second kappa shape index (κ2) is 7.06. The van der Waals surface area contributed by atoms with E-state index in [-0.39, 0.29) is 11.5 Å². The van der Waals surface area contributed by atoms with Gasteiger partial charge in [-0.3, -0.25) is 4.79 Å². The zero-order chi connectivity index (χ0) is 17.9. The van der Waals surface area contributed by atoms with Gasteiger partial charge in [-0.05, 0) is 41.5 Å². The van der Waals surface area contributed by atoms with E-state index in [1.807, 2.05) is 42.5 Å². The first-order chi connectivity index (χ1) is 12.7. The summed E-state index contributed by atoms with van der Waals surface area (Å²) in [5.41, 5.74) is 2.42. The summed E-state index contributed by atoms with van der Waals surface area (Å²) in [6, 6.07) is 22.4. The Balaban J connectivity index is 1.53. The Morgan fingerprint density at radius 1 is 0.962 bits per heavy atom. The Kier molecular flexibility index (Phi) is 4.46. The number of rotatable bonds is 4. The monoisotopic (exact) mass is 362 g/mol. The minimum atomic E-state index is -0.144. The quantitative estimate of drug-likeness (QED) is 0.572. The van der Waals surface area contributed by atoms with Gasteiger partial charge in [0.2, 0.25) is 5.78 Å². The lowest BCUT2D eigenvalue weighted by Gasteiger charge is -2.07. The van der Waals surface area contributed by atoms with Crippen LogP contribution in [-0.4, -0.2) is 5.78 Å². The predicted octanol–water partition coefficient (Wildman–Crippen LogP) is 5.54. The molecule has 0 saturated heterocycles. The van der Waals surface area contributed by atoms with Crippen LogP contribution < -0.4 is 9.47 Å². The van der Waals surface area contributed by atoms with E-state index in [2.05, 4.69) is 0 Å². The molecule has 1 aliphatic heterocycles. The molecule has 26 heavy (non-hydrogen) atoms. The highest BCUT2D eigenvalue weighted by Crippen LogP contribution is 2.35. The van der Waals surface area contributed by atoms with Crippen molar-refractivity contribution in [2.75, 3.05) is 0 Å². The minimum Gasteiger partial charge on any atom is -0.489 e. The molecule has 0 aromatic heterocycles. The van der Waals surface area contributed by atoms with Crippen LogP contribution in [0, 0.1) is 0 Å². The van der Waals surface area contributed by atoms with Crippen molar-refractivity contribution < 1.29 is 14.3 Å². The molecule has 3 aromatic carbocycles. The maximum atomic E-state index is 12.5. The molecule has 0 N–H and O–H groups in total. The topological polar surface area (TPSA) is 35.5 Å². The fraction of sp³-hybridized carbons (Fsp3) is 0.0455. The van der Waals surface area contributed by atoms with Crippen LogP contribution in [0.1, 0.15) is 21.5 Å². The van der Waals surface area contributed by atoms with Crippen molar-refractivity contribution >= 4 is 23.5 Å². The highest BCUT2D eigenvalue weighted by molar-refractivity contribution is 6.30. The largest absolute Gasteiger partial charge is 0.489 e. The lowest BCUT2D eigenvalue weighted by molar-refractivity contribution is 0.101. The molecule has 4 rings (SSSR count). The van der Waals surface area contributed by atoms with Gasteiger partial charge in [0.15, 0.2) is 5.76 Å². The Labute approximate surface area is 156 Å². The van der Waals surface area contributed by atoms with Crippen molar-refractivity contribution in [1.82, 2.24) is 0 Å². The SMILES string of the molecule is O=C1/C(=C/c2cccc(Cl)c2)Oc2cc(OCc3ccccc3)ccc21. The van der Waals surface area contributed by atoms with Crippen molar-refractivity contribution in [3.8, 4) is 11.5 Å². The van der Waals surface area contributed by atoms with Crippen LogP contribution in [0.4, 0.5) is 0 Å². The van der Waals surface area contributed by atoms with E-state index >= 15 is 0 Å². The Hall–Kier alpha value is -3.04. The van der Waals surface area contributed by atoms with E-state index in [9.17, 15) is 4.79 Å². The molecule has 0 bridgehead atoms. The molecule has 0 aliphatic carbocycles. The lowest BCUT2D eigenvalue weighted by atomic mass is 10.1. The van der Waals surface area contributed by atoms with Crippen LogP contribution >= 0.6 is 11.6 Å². The molecule has 1 aliphatic rings. The lowest BCUT2D eigenvalue weighted by Crippen LogP contribution is -1.98. The molecule has 3 aromatic rings. The van der Waals surface area contributed by atoms with Crippen molar-refractivity contribution in [1.29, 1.82) is 0 Å². The maximum Gasteiger partial charge on any atom is 0.231 e. The van der Waals surface area contributed by atoms with Gasteiger partial charge in [-0.15, -0.1) is 0 Å². The molecule has 0 saturated carbocycles. The molecule has 0 amide bonds. The molecule has 0 radical (unpaired) electrons. The smallest absolute Gasteiger partial charge is 0.231 e. The fourth-order valence-electron chi connectivity index (χ4n) is 2.75. The van der Waals surface area contributed by atoms with Gasteiger partial charge in [-0.1, -0.05) is 54.1 Å². The number of benzene rings is 3. The maximum absolute atomic E-state index is 12.5. The van der Waals surface area contributed by atoms with Crippen molar-refractivity contribution in [2.45, 2.75) is 6.61 Å². The molecular formula is C22H15ClO3. The van der Waals surface area contributed by atoms with Crippen molar-refractivity contribution in [3.63, 3.8) is 0 Å². The molecule has 0 spiro atoms. The zero-order valence-electron chi connectivity index (χ0n) is 13.8. The Morgan fingerprint density at radius 2 is 1.81 bits per heavy atom. The first-order valence-corrected chi connectivity index (χ1v) is 8.57. The van der Waals surface area contributed by atoms with Gasteiger partial charge in [-0.2, -0.15) is 0 Å². The van der Waals surface area contributed by atoms with E-state index in [1.54, 1.807) is 36.4 Å². The van der Waals surface area contributed by atoms with Gasteiger partial charge in [0.05, 0.1) is 5.56 Å². The molecule has 1 heterocycles. The Bertz CT molecular complexity index is 993. The number of carbonyl (C=O) groups excluding carboxylic acids is 1. The summed E-state index contributed by atoms with van der Waals surface area (Å²) < 4.78 is 11.5. The normalized spacial score (nSPS) is 14.2. The van der Waals surface area contributed by atoms with Crippen molar-refractivity contribution in [3.05, 3.63) is 100 Å². The highest BCUT2D eigenvalue weighted by Gasteiger charge is 2.27. The van der Waals surface area contributed by atoms with Crippen LogP contribution in [0.15, 0.2) is 78.6 Å². The number of ether oxygens (including phenoxy) is 2. The number of allylic oxidation sites excluding steroid dienone is 1. The summed E-state index contributed by atoms with van der Waals surface area (Å²) in [6.07, 6.45) is 1.69. The molecular weight excluding hydrogens is 348 g/mol.